The molecule has 0 aliphatic rings. The first-order valence-corrected chi connectivity index (χ1v) is 10.5. The Morgan fingerprint density at radius 1 is 0.974 bits per heavy atom. The van der Waals surface area contributed by atoms with Gasteiger partial charge in [-0.3, -0.25) is 21.6 Å². The Hall–Kier alpha value is -3.02. The van der Waals surface area contributed by atoms with Crippen LogP contribution in [-0.4, -0.2) is 37.2 Å². The van der Waals surface area contributed by atoms with Gasteiger partial charge in [-0.05, 0) is 49.2 Å². The van der Waals surface area contributed by atoms with E-state index in [4.69, 9.17) is 38.8 Å². The van der Waals surface area contributed by atoms with Crippen LogP contribution in [0.5, 0.6) is 0 Å². The van der Waals surface area contributed by atoms with Crippen molar-refractivity contribution in [3.8, 4) is 11.4 Å². The highest BCUT2D eigenvalue weighted by atomic mass is 35.5. The molecule has 0 saturated carbocycles. The predicted octanol–water partition coefficient (Wildman–Crippen LogP) is 4.45. The number of hydrogen-bond donors (Lipinski definition) is 5. The number of alkyl halides is 6. The average Bonchev–Trinajstić information content (AvgIpc) is 3.33. The summed E-state index contributed by atoms with van der Waals surface area (Å²) in [6.07, 6.45) is -7.76. The van der Waals surface area contributed by atoms with E-state index in [9.17, 15) is 26.3 Å². The van der Waals surface area contributed by atoms with E-state index in [0.717, 1.165) is 12.1 Å². The third-order valence-corrected chi connectivity index (χ3v) is 5.33. The number of nitrogens with two attached hydrogens (primary N) is 3. The maximum Gasteiger partial charge on any atom is 0.417 e. The van der Waals surface area contributed by atoms with E-state index < -0.39 is 23.5 Å². The highest BCUT2D eigenvalue weighted by Gasteiger charge is 2.35. The lowest BCUT2D eigenvalue weighted by atomic mass is 10.1. The normalized spacial score (nSPS) is 10.3. The van der Waals surface area contributed by atoms with Gasteiger partial charge >= 0.3 is 12.4 Å². The molecule has 0 radical (unpaired) electrons. The van der Waals surface area contributed by atoms with E-state index >= 15 is 0 Å². The molecule has 0 saturated heterocycles. The van der Waals surface area contributed by atoms with Gasteiger partial charge in [0, 0.05) is 11.1 Å². The van der Waals surface area contributed by atoms with Gasteiger partial charge in [-0.2, -0.15) is 31.4 Å². The molecule has 38 heavy (non-hydrogen) atoms. The lowest BCUT2D eigenvalue weighted by Crippen LogP contribution is -2.13. The van der Waals surface area contributed by atoms with Crippen molar-refractivity contribution in [3.05, 3.63) is 68.5 Å². The summed E-state index contributed by atoms with van der Waals surface area (Å²) in [6, 6.07) is 4.77. The second-order valence-electron chi connectivity index (χ2n) is 6.61. The Morgan fingerprint density at radius 2 is 1.39 bits per heavy atom. The zero-order valence-electron chi connectivity index (χ0n) is 19.4. The van der Waals surface area contributed by atoms with E-state index in [1.54, 1.807) is 0 Å². The van der Waals surface area contributed by atoms with Crippen LogP contribution in [0.15, 0.2) is 30.6 Å². The lowest BCUT2D eigenvalue weighted by Gasteiger charge is -2.12. The molecule has 3 rings (SSSR count). The molecule has 0 aliphatic heterocycles. The summed E-state index contributed by atoms with van der Waals surface area (Å²) in [5, 5.41) is 12.4. The Kier molecular flexibility index (Phi) is 15.7. The number of aromatic amines is 1. The number of rotatable bonds is 2. The van der Waals surface area contributed by atoms with Gasteiger partial charge in [0.05, 0.1) is 21.2 Å². The van der Waals surface area contributed by atoms with Gasteiger partial charge in [-0.25, -0.2) is 4.98 Å². The summed E-state index contributed by atoms with van der Waals surface area (Å²) in [5.74, 6) is 8.27. The minimum Gasteiger partial charge on any atom is -0.483 e. The second kappa shape index (κ2) is 16.1. The van der Waals surface area contributed by atoms with Crippen molar-refractivity contribution >= 4 is 46.9 Å². The second-order valence-corrected chi connectivity index (χ2v) is 7.80. The fraction of sp³-hybridized carbons (Fsp3) is 0.200. The molecule has 18 heteroatoms. The van der Waals surface area contributed by atoms with Crippen molar-refractivity contribution in [3.63, 3.8) is 0 Å². The number of aromatic nitrogens is 3. The van der Waals surface area contributed by atoms with Crippen molar-refractivity contribution in [2.45, 2.75) is 26.2 Å². The zero-order chi connectivity index (χ0) is 29.1. The van der Waals surface area contributed by atoms with Crippen LogP contribution in [0.2, 0.25) is 10.0 Å². The van der Waals surface area contributed by atoms with Crippen LogP contribution in [0.3, 0.4) is 0 Å². The SMILES string of the molecule is Cc1cc(-c2ncn[nH]2)cc(C(F)(F)F)c1Cl.Cc1cc(C(N)=S)cc(C(F)(F)F)c1Cl.NN.O.O=CO. The van der Waals surface area contributed by atoms with Gasteiger partial charge in [-0.1, -0.05) is 35.4 Å². The molecule has 3 aromatic rings. The third-order valence-electron chi connectivity index (χ3n) is 4.09. The Balaban J connectivity index is 0. The van der Waals surface area contributed by atoms with Gasteiger partial charge < -0.3 is 16.3 Å². The summed E-state index contributed by atoms with van der Waals surface area (Å²) >= 11 is 15.8. The number of hydrazine groups is 1. The number of hydrogen-bond acceptors (Lipinski definition) is 6. The van der Waals surface area contributed by atoms with E-state index in [1.807, 2.05) is 0 Å². The monoisotopic (exact) mass is 610 g/mol. The van der Waals surface area contributed by atoms with Crippen LogP contribution < -0.4 is 17.4 Å². The van der Waals surface area contributed by atoms with Crippen molar-refractivity contribution in [1.82, 2.24) is 15.2 Å². The van der Waals surface area contributed by atoms with Crippen molar-refractivity contribution in [2.24, 2.45) is 17.4 Å². The summed E-state index contributed by atoms with van der Waals surface area (Å²) < 4.78 is 75.7. The first-order valence-electron chi connectivity index (χ1n) is 9.35. The van der Waals surface area contributed by atoms with Crippen LogP contribution in [0.25, 0.3) is 11.4 Å². The number of nitrogens with zero attached hydrogens (tertiary/aromatic N) is 2. The maximum absolute atomic E-state index is 12.7. The minimum atomic E-state index is -4.50. The Bertz CT molecular complexity index is 1200. The van der Waals surface area contributed by atoms with Gasteiger partial charge in [0.2, 0.25) is 0 Å². The van der Waals surface area contributed by atoms with Crippen LogP contribution >= 0.6 is 35.4 Å². The molecule has 212 valence electrons. The molecule has 2 aromatic carbocycles. The Labute approximate surface area is 227 Å². The summed E-state index contributed by atoms with van der Waals surface area (Å²) in [5.41, 5.74) is 4.60. The zero-order valence-corrected chi connectivity index (χ0v) is 21.7. The van der Waals surface area contributed by atoms with E-state index in [-0.39, 0.29) is 38.4 Å². The summed E-state index contributed by atoms with van der Waals surface area (Å²) in [4.78, 5) is 12.1. The molecule has 10 N–H and O–H groups in total. The minimum absolute atomic E-state index is 0. The van der Waals surface area contributed by atoms with Crippen LogP contribution in [0.4, 0.5) is 26.3 Å². The van der Waals surface area contributed by atoms with Gasteiger partial charge in [-0.15, -0.1) is 0 Å². The number of aryl methyl sites for hydroxylation is 2. The number of H-pyrrole nitrogens is 1. The smallest absolute Gasteiger partial charge is 0.417 e. The number of thiocarbonyl (C=S) groups is 1. The van der Waals surface area contributed by atoms with Crippen molar-refractivity contribution in [2.75, 3.05) is 0 Å². The predicted molar refractivity (Wildman–Crippen MR) is 134 cm³/mol. The average molecular weight is 611 g/mol. The molecule has 1 heterocycles. The van der Waals surface area contributed by atoms with Gasteiger partial charge in [0.15, 0.2) is 5.82 Å². The molecule has 1 aromatic heterocycles. The van der Waals surface area contributed by atoms with Crippen molar-refractivity contribution < 1.29 is 41.7 Å². The first kappa shape index (κ1) is 37.1. The quantitative estimate of drug-likeness (QED) is 0.0924. The number of carboxylic acid groups (broad SMARTS) is 1. The molecule has 0 aliphatic carbocycles. The topological polar surface area (TPSA) is 188 Å². The molecule has 0 unspecified atom stereocenters. The van der Waals surface area contributed by atoms with E-state index in [1.165, 1.54) is 32.3 Å². The maximum atomic E-state index is 12.7. The fourth-order valence-electron chi connectivity index (χ4n) is 2.58. The number of halogens is 8. The fourth-order valence-corrected chi connectivity index (χ4v) is 3.13. The molecule has 9 nitrogen and oxygen atoms in total. The molecule has 0 bridgehead atoms. The lowest BCUT2D eigenvalue weighted by molar-refractivity contribution is -0.138. The van der Waals surface area contributed by atoms with Crippen LogP contribution in [0.1, 0.15) is 27.8 Å². The number of nitrogens with one attached hydrogen (secondary N) is 1. The molecular weight excluding hydrogens is 589 g/mol. The van der Waals surface area contributed by atoms with Gasteiger partial charge in [0.25, 0.3) is 6.47 Å². The molecule has 0 fully saturated rings. The van der Waals surface area contributed by atoms with Crippen LogP contribution in [-0.2, 0) is 17.1 Å². The standard InChI is InChI=1S/C10H7ClF3N3.C9H7ClF3NS.CH2O2.H4N2.H2O/c1-5-2-6(9-15-4-16-17-9)3-7(8(5)11)10(12,13)14;1-4-2-5(8(14)15)3-6(7(4)10)9(11,12)13;2-1-3;1-2;/h2-4H,1H3,(H,15,16,17);2-3H,1H3,(H2,14,15);1H,(H,2,3);1-2H2;1H2. The molecular formula is C20H22Cl2F6N6O3S. The number of benzene rings is 2. The van der Waals surface area contributed by atoms with E-state index in [2.05, 4.69) is 39.1 Å². The molecule has 0 amide bonds. The molecule has 0 spiro atoms. The van der Waals surface area contributed by atoms with E-state index in [0.29, 0.717) is 16.7 Å². The number of carbonyl (C=O) groups is 1. The third kappa shape index (κ3) is 10.8. The summed E-state index contributed by atoms with van der Waals surface area (Å²) in [7, 11) is 0. The van der Waals surface area contributed by atoms with Crippen molar-refractivity contribution in [1.29, 1.82) is 0 Å². The Morgan fingerprint density at radius 3 is 1.76 bits per heavy atom. The summed E-state index contributed by atoms with van der Waals surface area (Å²) in [6.45, 7) is 2.73. The first-order chi connectivity index (χ1) is 17.0. The highest BCUT2D eigenvalue weighted by Crippen LogP contribution is 2.39. The largest absolute Gasteiger partial charge is 0.483 e. The highest BCUT2D eigenvalue weighted by molar-refractivity contribution is 7.80. The molecule has 0 atom stereocenters. The van der Waals surface area contributed by atoms with Crippen LogP contribution in [0, 0.1) is 13.8 Å². The van der Waals surface area contributed by atoms with Gasteiger partial charge in [0.1, 0.15) is 11.3 Å².